The van der Waals surface area contributed by atoms with Crippen LogP contribution in [-0.2, 0) is 51.1 Å². The lowest BCUT2D eigenvalue weighted by Crippen LogP contribution is -2.56. The van der Waals surface area contributed by atoms with Gasteiger partial charge in [-0.2, -0.15) is 0 Å². The number of fused-ring (bicyclic) bond motifs is 2. The largest absolute Gasteiger partial charge is 0.497 e. The molecule has 4 aliphatic heterocycles. The summed E-state index contributed by atoms with van der Waals surface area (Å²) in [7, 11) is 3.13. The predicted octanol–water partition coefficient (Wildman–Crippen LogP) is 3.98. The quantitative estimate of drug-likeness (QED) is 0.138. The summed E-state index contributed by atoms with van der Waals surface area (Å²) in [5.41, 5.74) is 9.90. The zero-order valence-electron chi connectivity index (χ0n) is 31.4. The minimum atomic E-state index is -1.06. The first-order chi connectivity index (χ1) is 26.3. The molecule has 17 heteroatoms. The second-order valence-corrected chi connectivity index (χ2v) is 14.8. The van der Waals surface area contributed by atoms with Crippen LogP contribution < -0.4 is 20.7 Å². The second-order valence-electron chi connectivity index (χ2n) is 14.8. The van der Waals surface area contributed by atoms with Gasteiger partial charge in [0.1, 0.15) is 47.7 Å². The topological polar surface area (TPSA) is 193 Å². The van der Waals surface area contributed by atoms with Crippen LogP contribution in [0.3, 0.4) is 0 Å². The van der Waals surface area contributed by atoms with Crippen LogP contribution >= 0.6 is 0 Å². The van der Waals surface area contributed by atoms with Gasteiger partial charge in [0, 0.05) is 30.0 Å². The Bertz CT molecular complexity index is 2030. The third-order valence-electron chi connectivity index (χ3n) is 10.1. The molecule has 4 aliphatic rings. The maximum absolute atomic E-state index is 14.0. The highest BCUT2D eigenvalue weighted by Gasteiger charge is 2.58. The summed E-state index contributed by atoms with van der Waals surface area (Å²) in [5.74, 6) is -1.01. The number of methoxy groups -OCH3 is 2. The maximum Gasteiger partial charge on any atom is 0.333 e. The summed E-state index contributed by atoms with van der Waals surface area (Å²) in [6, 6.07) is 14.7. The van der Waals surface area contributed by atoms with Crippen molar-refractivity contribution in [2.24, 2.45) is 5.11 Å². The number of aromatic nitrogens is 2. The molecule has 1 unspecified atom stereocenters. The number of ether oxygens (including phenoxy) is 9. The van der Waals surface area contributed by atoms with Gasteiger partial charge in [0.2, 0.25) is 0 Å². The van der Waals surface area contributed by atoms with Gasteiger partial charge >= 0.3 is 5.69 Å². The van der Waals surface area contributed by atoms with Crippen LogP contribution in [0.1, 0.15) is 57.9 Å². The first-order valence-corrected chi connectivity index (χ1v) is 18.1. The van der Waals surface area contributed by atoms with Crippen molar-refractivity contribution >= 4 is 5.78 Å². The molecule has 4 fully saturated rings. The molecule has 0 spiro atoms. The van der Waals surface area contributed by atoms with Gasteiger partial charge in [-0.1, -0.05) is 29.4 Å². The molecule has 0 aliphatic carbocycles. The van der Waals surface area contributed by atoms with Crippen molar-refractivity contribution in [1.29, 1.82) is 0 Å². The van der Waals surface area contributed by atoms with E-state index in [2.05, 4.69) is 10.0 Å². The number of benzene rings is 2. The van der Waals surface area contributed by atoms with Crippen molar-refractivity contribution in [2.75, 3.05) is 14.2 Å². The Kier molecular flexibility index (Phi) is 10.9. The summed E-state index contributed by atoms with van der Waals surface area (Å²) >= 11 is 0. The van der Waals surface area contributed by atoms with E-state index in [-0.39, 0.29) is 31.8 Å². The molecule has 5 heterocycles. The van der Waals surface area contributed by atoms with Gasteiger partial charge in [-0.25, -0.2) is 4.79 Å². The Morgan fingerprint density at radius 1 is 0.782 bits per heavy atom. The highest BCUT2D eigenvalue weighted by atomic mass is 16.8. The van der Waals surface area contributed by atoms with Gasteiger partial charge in [0.25, 0.3) is 5.56 Å². The van der Waals surface area contributed by atoms with E-state index in [9.17, 15) is 19.9 Å². The zero-order valence-corrected chi connectivity index (χ0v) is 31.4. The number of azide groups is 1. The van der Waals surface area contributed by atoms with Crippen LogP contribution in [0, 0.1) is 0 Å². The van der Waals surface area contributed by atoms with E-state index < -0.39 is 78.0 Å². The second kappa shape index (κ2) is 15.5. The van der Waals surface area contributed by atoms with Crippen molar-refractivity contribution in [1.82, 2.24) is 9.13 Å². The minimum absolute atomic E-state index is 0.0194. The lowest BCUT2D eigenvalue weighted by molar-refractivity contribution is -0.244. The summed E-state index contributed by atoms with van der Waals surface area (Å²) in [4.78, 5) is 43.8. The van der Waals surface area contributed by atoms with E-state index in [1.54, 1.807) is 78.3 Å². The third kappa shape index (κ3) is 8.20. The molecule has 9 atom stereocenters. The Morgan fingerprint density at radius 3 is 1.93 bits per heavy atom. The van der Waals surface area contributed by atoms with Crippen molar-refractivity contribution in [3.05, 3.63) is 103 Å². The lowest BCUT2D eigenvalue weighted by atomic mass is 9.92. The molecule has 0 radical (unpaired) electrons. The fourth-order valence-corrected chi connectivity index (χ4v) is 7.60. The van der Waals surface area contributed by atoms with Crippen LogP contribution in [0.5, 0.6) is 11.5 Å². The molecule has 0 N–H and O–H groups in total. The van der Waals surface area contributed by atoms with Gasteiger partial charge in [-0.05, 0) is 68.6 Å². The van der Waals surface area contributed by atoms with Crippen molar-refractivity contribution in [2.45, 2.75) is 120 Å². The molecule has 0 amide bonds. The van der Waals surface area contributed by atoms with Crippen LogP contribution in [0.2, 0.25) is 0 Å². The van der Waals surface area contributed by atoms with Crippen LogP contribution in [0.25, 0.3) is 10.4 Å². The maximum atomic E-state index is 14.0. The van der Waals surface area contributed by atoms with Gasteiger partial charge in [0.15, 0.2) is 24.1 Å². The Balaban J connectivity index is 1.09. The SMILES string of the molecule is COc1ccc(COC2O[C@H](CC(=O)C[C@H]3O[C@@H](n4ccc(=O)n(Cc5ccc(OC)cc5)c4=O)[C@@H]4OC(C)(C)O[C@@H]43)[C@@H]3OC(C)(C)O[C@@H]3[C@H]2N=[N+]=[N-])cc1. The standard InChI is InChI=1S/C38H45N5O12/c1-37(2)52-30-27(51-35(29(40-41-39)32(30)54-37)49-20-22-9-13-25(48-6)14-10-22)18-23(44)17-26-31-33(55-38(3,4)53-31)34(50-26)42-16-15-28(45)43(36(42)46)19-21-7-11-24(47-5)12-8-21/h7-16,26-27,29-35H,17-20H2,1-6H3/t26-,27-,29-,30+,31-,32-,33-,34-,35?/m1/s1. The summed E-state index contributed by atoms with van der Waals surface area (Å²) in [5, 5.41) is 3.96. The summed E-state index contributed by atoms with van der Waals surface area (Å²) in [6.45, 7) is 7.10. The van der Waals surface area contributed by atoms with Crippen molar-refractivity contribution in [3.63, 3.8) is 0 Å². The normalized spacial score (nSPS) is 30.3. The first kappa shape index (κ1) is 38.7. The molecule has 1 aromatic heterocycles. The Morgan fingerprint density at radius 2 is 1.33 bits per heavy atom. The van der Waals surface area contributed by atoms with Crippen LogP contribution in [0.15, 0.2) is 75.5 Å². The minimum Gasteiger partial charge on any atom is -0.497 e. The highest BCUT2D eigenvalue weighted by Crippen LogP contribution is 2.45. The monoisotopic (exact) mass is 763 g/mol. The smallest absolute Gasteiger partial charge is 0.333 e. The van der Waals surface area contributed by atoms with Gasteiger partial charge < -0.3 is 42.6 Å². The first-order valence-electron chi connectivity index (χ1n) is 18.1. The third-order valence-corrected chi connectivity index (χ3v) is 10.1. The van der Waals surface area contributed by atoms with Gasteiger partial charge in [-0.15, -0.1) is 0 Å². The average molecular weight is 764 g/mol. The van der Waals surface area contributed by atoms with Crippen molar-refractivity contribution < 1.29 is 47.4 Å². The van der Waals surface area contributed by atoms with E-state index in [0.29, 0.717) is 11.5 Å². The number of nitrogens with zero attached hydrogens (tertiary/aromatic N) is 5. The number of Topliss-reactive ketones (excluding diaryl/α,β-unsaturated/α-hetero) is 1. The molecule has 3 aromatic rings. The fraction of sp³-hybridized carbons (Fsp3) is 0.553. The highest BCUT2D eigenvalue weighted by molar-refractivity contribution is 5.79. The molecule has 2 aromatic carbocycles. The number of hydrogen-bond acceptors (Lipinski definition) is 13. The summed E-state index contributed by atoms with van der Waals surface area (Å²) < 4.78 is 56.6. The van der Waals surface area contributed by atoms with Crippen molar-refractivity contribution in [3.8, 4) is 11.5 Å². The average Bonchev–Trinajstić information content (AvgIpc) is 3.77. The van der Waals surface area contributed by atoms with E-state index >= 15 is 0 Å². The van der Waals surface area contributed by atoms with Crippen LogP contribution in [0.4, 0.5) is 0 Å². The molecular weight excluding hydrogens is 718 g/mol. The molecular formula is C38H45N5O12. The molecule has 7 rings (SSSR count). The van der Waals surface area contributed by atoms with Gasteiger partial charge in [-0.3, -0.25) is 18.7 Å². The predicted molar refractivity (Wildman–Crippen MR) is 192 cm³/mol. The number of ketones is 1. The van der Waals surface area contributed by atoms with E-state index in [0.717, 1.165) is 15.7 Å². The summed E-state index contributed by atoms with van der Waals surface area (Å²) in [6.07, 6.45) is -5.55. The molecule has 294 valence electrons. The number of carbonyl (C=O) groups is 1. The number of hydrogen-bond donors (Lipinski definition) is 0. The number of rotatable bonds is 13. The van der Waals surface area contributed by atoms with E-state index in [1.807, 2.05) is 12.1 Å². The molecule has 4 saturated heterocycles. The molecule has 0 bridgehead atoms. The fourth-order valence-electron chi connectivity index (χ4n) is 7.60. The van der Waals surface area contributed by atoms with Crippen LogP contribution in [-0.4, -0.2) is 89.7 Å². The molecule has 0 saturated carbocycles. The number of carbonyl (C=O) groups excluding carboxylic acids is 1. The molecule has 17 nitrogen and oxygen atoms in total. The Hall–Kier alpha value is -4.58. The lowest BCUT2D eigenvalue weighted by Gasteiger charge is -2.40. The van der Waals surface area contributed by atoms with E-state index in [1.165, 1.54) is 16.8 Å². The van der Waals surface area contributed by atoms with E-state index in [4.69, 9.17) is 42.6 Å². The zero-order chi connectivity index (χ0) is 39.1. The van der Waals surface area contributed by atoms with Gasteiger partial charge in [0.05, 0.1) is 39.6 Å². The molecule has 55 heavy (non-hydrogen) atoms. The Labute approximate surface area is 316 Å².